The summed E-state index contributed by atoms with van der Waals surface area (Å²) < 4.78 is 17.9. The number of hydrogen-bond acceptors (Lipinski definition) is 4. The Morgan fingerprint density at radius 2 is 2.12 bits per heavy atom. The van der Waals surface area contributed by atoms with Crippen LogP contribution in [-0.2, 0) is 0 Å². The van der Waals surface area contributed by atoms with Crippen molar-refractivity contribution in [1.29, 1.82) is 0 Å². The van der Waals surface area contributed by atoms with Gasteiger partial charge in [0.05, 0.1) is 25.0 Å². The summed E-state index contributed by atoms with van der Waals surface area (Å²) in [5.41, 5.74) is 7.14. The highest BCUT2D eigenvalue weighted by molar-refractivity contribution is 5.33. The maximum Gasteiger partial charge on any atom is 0.142 e. The Labute approximate surface area is 98.3 Å². The lowest BCUT2D eigenvalue weighted by Crippen LogP contribution is -2.16. The van der Waals surface area contributed by atoms with E-state index in [-0.39, 0.29) is 0 Å². The summed E-state index contributed by atoms with van der Waals surface area (Å²) in [5.74, 6) is 0.195. The molecular weight excluding hydrogens is 221 g/mol. The van der Waals surface area contributed by atoms with Crippen LogP contribution in [0.5, 0.6) is 5.75 Å². The molecule has 0 radical (unpaired) electrons. The minimum atomic E-state index is -0.535. The Bertz CT molecular complexity index is 501. The molecule has 0 bridgehead atoms. The Hall–Kier alpha value is -2.01. The number of nitrogens with zero attached hydrogens (tertiary/aromatic N) is 2. The van der Waals surface area contributed by atoms with Crippen molar-refractivity contribution in [3.8, 4) is 5.75 Å². The minimum Gasteiger partial charge on any atom is -0.495 e. The van der Waals surface area contributed by atoms with Crippen molar-refractivity contribution < 1.29 is 9.13 Å². The first-order valence-electron chi connectivity index (χ1n) is 5.08. The van der Waals surface area contributed by atoms with Gasteiger partial charge in [0.15, 0.2) is 0 Å². The van der Waals surface area contributed by atoms with Gasteiger partial charge in [-0.3, -0.25) is 9.97 Å². The van der Waals surface area contributed by atoms with Crippen LogP contribution in [0.25, 0.3) is 0 Å². The highest BCUT2D eigenvalue weighted by Gasteiger charge is 2.16. The van der Waals surface area contributed by atoms with Crippen molar-refractivity contribution in [1.82, 2.24) is 9.97 Å². The monoisotopic (exact) mass is 233 g/mol. The number of methoxy groups -OCH3 is 1. The SMILES string of the molecule is COc1cccnc1C(N)c1ccc(F)cn1. The van der Waals surface area contributed by atoms with Gasteiger partial charge in [-0.05, 0) is 24.3 Å². The predicted molar refractivity (Wildman–Crippen MR) is 61.0 cm³/mol. The van der Waals surface area contributed by atoms with Gasteiger partial charge >= 0.3 is 0 Å². The van der Waals surface area contributed by atoms with Gasteiger partial charge in [-0.15, -0.1) is 0 Å². The van der Waals surface area contributed by atoms with E-state index in [4.69, 9.17) is 10.5 Å². The van der Waals surface area contributed by atoms with Crippen molar-refractivity contribution in [2.75, 3.05) is 7.11 Å². The number of nitrogens with two attached hydrogens (primary N) is 1. The fourth-order valence-electron chi connectivity index (χ4n) is 1.52. The molecule has 0 aromatic carbocycles. The van der Waals surface area contributed by atoms with Crippen LogP contribution in [0.1, 0.15) is 17.4 Å². The average Bonchev–Trinajstić information content (AvgIpc) is 2.39. The Balaban J connectivity index is 2.36. The van der Waals surface area contributed by atoms with Gasteiger partial charge in [-0.25, -0.2) is 4.39 Å². The Morgan fingerprint density at radius 3 is 2.76 bits per heavy atom. The van der Waals surface area contributed by atoms with E-state index in [1.807, 2.05) is 0 Å². The normalized spacial score (nSPS) is 12.2. The quantitative estimate of drug-likeness (QED) is 0.876. The van der Waals surface area contributed by atoms with E-state index < -0.39 is 11.9 Å². The molecule has 1 atom stereocenters. The molecule has 2 N–H and O–H groups in total. The fraction of sp³-hybridized carbons (Fsp3) is 0.167. The summed E-state index contributed by atoms with van der Waals surface area (Å²) in [4.78, 5) is 8.10. The second-order valence-corrected chi connectivity index (χ2v) is 3.47. The predicted octanol–water partition coefficient (Wildman–Crippen LogP) is 1.67. The zero-order valence-corrected chi connectivity index (χ0v) is 9.30. The van der Waals surface area contributed by atoms with Crippen LogP contribution in [0.15, 0.2) is 36.7 Å². The van der Waals surface area contributed by atoms with Crippen LogP contribution in [0.4, 0.5) is 4.39 Å². The number of aromatic nitrogens is 2. The van der Waals surface area contributed by atoms with Gasteiger partial charge in [0.2, 0.25) is 0 Å². The summed E-state index contributed by atoms with van der Waals surface area (Å²) in [5, 5.41) is 0. The van der Waals surface area contributed by atoms with Gasteiger partial charge in [-0.2, -0.15) is 0 Å². The number of hydrogen-bond donors (Lipinski definition) is 1. The standard InChI is InChI=1S/C12H12FN3O/c1-17-10-3-2-6-15-12(10)11(14)9-5-4-8(13)7-16-9/h2-7,11H,14H2,1H3. The van der Waals surface area contributed by atoms with Crippen LogP contribution in [0, 0.1) is 5.82 Å². The Morgan fingerprint density at radius 1 is 1.29 bits per heavy atom. The molecule has 1 unspecified atom stereocenters. The van der Waals surface area contributed by atoms with Gasteiger partial charge in [0, 0.05) is 6.20 Å². The van der Waals surface area contributed by atoms with Crippen molar-refractivity contribution in [3.63, 3.8) is 0 Å². The third-order valence-electron chi connectivity index (χ3n) is 2.38. The van der Waals surface area contributed by atoms with E-state index in [9.17, 15) is 4.39 Å². The van der Waals surface area contributed by atoms with Crippen LogP contribution in [0.3, 0.4) is 0 Å². The van der Waals surface area contributed by atoms with E-state index in [0.29, 0.717) is 17.1 Å². The van der Waals surface area contributed by atoms with E-state index in [1.54, 1.807) is 25.4 Å². The second-order valence-electron chi connectivity index (χ2n) is 3.47. The van der Waals surface area contributed by atoms with Crippen LogP contribution in [0.2, 0.25) is 0 Å². The molecule has 0 saturated carbocycles. The van der Waals surface area contributed by atoms with Gasteiger partial charge in [-0.1, -0.05) is 0 Å². The molecule has 0 aliphatic heterocycles. The third-order valence-corrected chi connectivity index (χ3v) is 2.38. The number of halogens is 1. The summed E-state index contributed by atoms with van der Waals surface area (Å²) in [6.07, 6.45) is 2.76. The third kappa shape index (κ3) is 2.39. The first-order chi connectivity index (χ1) is 8.22. The molecule has 88 valence electrons. The zero-order chi connectivity index (χ0) is 12.3. The minimum absolute atomic E-state index is 0.395. The maximum atomic E-state index is 12.8. The van der Waals surface area contributed by atoms with Crippen molar-refractivity contribution in [3.05, 3.63) is 53.9 Å². The van der Waals surface area contributed by atoms with Crippen LogP contribution >= 0.6 is 0 Å². The lowest BCUT2D eigenvalue weighted by atomic mass is 10.1. The molecule has 2 aromatic rings. The highest BCUT2D eigenvalue weighted by Crippen LogP contribution is 2.24. The maximum absolute atomic E-state index is 12.8. The first-order valence-corrected chi connectivity index (χ1v) is 5.08. The van der Waals surface area contributed by atoms with Crippen LogP contribution < -0.4 is 10.5 Å². The summed E-state index contributed by atoms with van der Waals surface area (Å²) in [7, 11) is 1.55. The van der Waals surface area contributed by atoms with Crippen molar-refractivity contribution in [2.24, 2.45) is 5.73 Å². The summed E-state index contributed by atoms with van der Waals surface area (Å²) in [6.45, 7) is 0. The molecule has 17 heavy (non-hydrogen) atoms. The molecule has 2 heterocycles. The molecule has 2 aromatic heterocycles. The lowest BCUT2D eigenvalue weighted by Gasteiger charge is -2.13. The zero-order valence-electron chi connectivity index (χ0n) is 9.30. The molecule has 4 nitrogen and oxygen atoms in total. The van der Waals surface area contributed by atoms with E-state index in [1.165, 1.54) is 12.1 Å². The Kier molecular flexibility index (Phi) is 3.30. The average molecular weight is 233 g/mol. The summed E-state index contributed by atoms with van der Waals surface area (Å²) in [6, 6.07) is 5.84. The molecule has 0 fully saturated rings. The van der Waals surface area contributed by atoms with Crippen molar-refractivity contribution in [2.45, 2.75) is 6.04 Å². The first kappa shape index (κ1) is 11.5. The van der Waals surface area contributed by atoms with Gasteiger partial charge < -0.3 is 10.5 Å². The topological polar surface area (TPSA) is 61.0 Å². The molecular formula is C12H12FN3O. The number of ether oxygens (including phenoxy) is 1. The van der Waals surface area contributed by atoms with E-state index in [0.717, 1.165) is 6.20 Å². The molecule has 0 amide bonds. The second kappa shape index (κ2) is 4.88. The smallest absolute Gasteiger partial charge is 0.142 e. The molecule has 2 rings (SSSR count). The van der Waals surface area contributed by atoms with E-state index in [2.05, 4.69) is 9.97 Å². The van der Waals surface area contributed by atoms with Gasteiger partial charge in [0.1, 0.15) is 17.3 Å². The van der Waals surface area contributed by atoms with Gasteiger partial charge in [0.25, 0.3) is 0 Å². The van der Waals surface area contributed by atoms with E-state index >= 15 is 0 Å². The largest absolute Gasteiger partial charge is 0.495 e. The molecule has 5 heteroatoms. The molecule has 0 aliphatic carbocycles. The molecule has 0 aliphatic rings. The summed E-state index contributed by atoms with van der Waals surface area (Å²) >= 11 is 0. The fourth-order valence-corrected chi connectivity index (χ4v) is 1.52. The molecule has 0 spiro atoms. The molecule has 0 saturated heterocycles. The lowest BCUT2D eigenvalue weighted by molar-refractivity contribution is 0.404. The van der Waals surface area contributed by atoms with Crippen molar-refractivity contribution >= 4 is 0 Å². The highest BCUT2D eigenvalue weighted by atomic mass is 19.1. The van der Waals surface area contributed by atoms with Crippen LogP contribution in [-0.4, -0.2) is 17.1 Å². The number of pyridine rings is 2. The number of rotatable bonds is 3.